The first kappa shape index (κ1) is 20.0. The van der Waals surface area contributed by atoms with Gasteiger partial charge in [-0.05, 0) is 32.4 Å². The van der Waals surface area contributed by atoms with Crippen molar-refractivity contribution in [3.05, 3.63) is 29.8 Å². The number of halogens is 1. The van der Waals surface area contributed by atoms with Crippen LogP contribution < -0.4 is 10.6 Å². The second kappa shape index (κ2) is 8.85. The molecular formula is C19H26ClN5O. The Bertz CT molecular complexity index is 797. The average Bonchev–Trinajstić information content (AvgIpc) is 3.02. The van der Waals surface area contributed by atoms with Crippen molar-refractivity contribution in [2.24, 2.45) is 0 Å². The van der Waals surface area contributed by atoms with Gasteiger partial charge in [-0.25, -0.2) is 4.68 Å². The molecule has 2 rings (SSSR count). The molecule has 1 heterocycles. The van der Waals surface area contributed by atoms with E-state index in [2.05, 4.69) is 31.4 Å². The van der Waals surface area contributed by atoms with Gasteiger partial charge in [0.15, 0.2) is 0 Å². The minimum absolute atomic E-state index is 0.0947. The van der Waals surface area contributed by atoms with Gasteiger partial charge in [0.25, 0.3) is 0 Å². The fourth-order valence-electron chi connectivity index (χ4n) is 2.85. The highest BCUT2D eigenvalue weighted by Gasteiger charge is 2.23. The van der Waals surface area contributed by atoms with Gasteiger partial charge in [0, 0.05) is 30.1 Å². The maximum absolute atomic E-state index is 11.6. The summed E-state index contributed by atoms with van der Waals surface area (Å²) in [5.74, 6) is 0.484. The summed E-state index contributed by atoms with van der Waals surface area (Å²) < 4.78 is 1.90. The highest BCUT2D eigenvalue weighted by atomic mass is 35.5. The van der Waals surface area contributed by atoms with Crippen LogP contribution in [0.3, 0.4) is 0 Å². The van der Waals surface area contributed by atoms with Crippen LogP contribution in [0, 0.1) is 5.41 Å². The number of nitrogens with one attached hydrogen (secondary N) is 3. The Hall–Kier alpha value is -2.34. The van der Waals surface area contributed by atoms with E-state index in [9.17, 15) is 4.79 Å². The third-order valence-corrected chi connectivity index (χ3v) is 4.22. The molecule has 0 atom stereocenters. The zero-order chi connectivity index (χ0) is 19.3. The van der Waals surface area contributed by atoms with Crippen LogP contribution in [0.5, 0.6) is 0 Å². The number of alkyl halides is 1. The minimum atomic E-state index is -0.258. The summed E-state index contributed by atoms with van der Waals surface area (Å²) in [6.07, 6.45) is 1.56. The van der Waals surface area contributed by atoms with Crippen LogP contribution in [0.15, 0.2) is 24.3 Å². The van der Waals surface area contributed by atoms with Crippen LogP contribution in [0.1, 0.15) is 45.2 Å². The van der Waals surface area contributed by atoms with Gasteiger partial charge in [-0.3, -0.25) is 4.79 Å². The molecule has 26 heavy (non-hydrogen) atoms. The van der Waals surface area contributed by atoms with E-state index in [4.69, 9.17) is 22.1 Å². The summed E-state index contributed by atoms with van der Waals surface area (Å²) in [5.41, 5.74) is 3.61. The molecular weight excluding hydrogens is 350 g/mol. The zero-order valence-corrected chi connectivity index (χ0v) is 16.4. The predicted octanol–water partition coefficient (Wildman–Crippen LogP) is 4.52. The largest absolute Gasteiger partial charge is 0.373 e. The summed E-state index contributed by atoms with van der Waals surface area (Å²) in [5, 5.41) is 19.3. The number of carbonyl (C=O) groups excluding carboxylic acids is 1. The molecule has 140 valence electrons. The van der Waals surface area contributed by atoms with Crippen LogP contribution in [0.4, 0.5) is 11.5 Å². The number of amides is 1. The van der Waals surface area contributed by atoms with Crippen LogP contribution >= 0.6 is 11.6 Å². The number of benzene rings is 1. The maximum atomic E-state index is 11.6. The van der Waals surface area contributed by atoms with Crippen molar-refractivity contribution in [2.75, 3.05) is 23.6 Å². The van der Waals surface area contributed by atoms with E-state index in [1.54, 1.807) is 0 Å². The molecule has 0 aliphatic carbocycles. The molecule has 0 aliphatic rings. The number of nitrogens with zero attached hydrogens (tertiary/aromatic N) is 2. The molecule has 0 radical (unpaired) electrons. The summed E-state index contributed by atoms with van der Waals surface area (Å²) in [6, 6.07) is 7.62. The molecule has 2 aromatic rings. The molecule has 0 bridgehead atoms. The van der Waals surface area contributed by atoms with Crippen molar-refractivity contribution in [1.82, 2.24) is 9.78 Å². The maximum Gasteiger partial charge on any atom is 0.239 e. The summed E-state index contributed by atoms with van der Waals surface area (Å²) >= 11 is 5.57. The number of hydrogen-bond donors (Lipinski definition) is 3. The summed E-state index contributed by atoms with van der Waals surface area (Å²) in [4.78, 5) is 11.6. The van der Waals surface area contributed by atoms with Crippen molar-refractivity contribution in [3.8, 4) is 11.3 Å². The van der Waals surface area contributed by atoms with Gasteiger partial charge in [-0.2, -0.15) is 5.10 Å². The molecule has 1 amide bonds. The third-order valence-electron chi connectivity index (χ3n) is 3.98. The Morgan fingerprint density at radius 1 is 1.38 bits per heavy atom. The molecule has 6 nitrogen and oxygen atoms in total. The number of anilines is 2. The highest BCUT2D eigenvalue weighted by Crippen LogP contribution is 2.33. The lowest BCUT2D eigenvalue weighted by Gasteiger charge is -2.12. The lowest BCUT2D eigenvalue weighted by atomic mass is 10.0. The van der Waals surface area contributed by atoms with Crippen molar-refractivity contribution in [1.29, 1.82) is 5.41 Å². The standard InChI is InChI=1S/C19H26ClN5O/c1-5-7-15(21)17-18(24-25(12(2)3)19(17)22-4)13-8-6-9-14(10-13)23-16(26)11-20/h6,8-10,12,21-22H,5,7,11H2,1-4H3,(H,23,26). The Morgan fingerprint density at radius 3 is 2.69 bits per heavy atom. The van der Waals surface area contributed by atoms with Crippen LogP contribution in [-0.4, -0.2) is 34.3 Å². The zero-order valence-electron chi connectivity index (χ0n) is 15.7. The van der Waals surface area contributed by atoms with Crippen LogP contribution in [0.25, 0.3) is 11.3 Å². The van der Waals surface area contributed by atoms with Crippen molar-refractivity contribution >= 4 is 34.7 Å². The first-order valence-electron chi connectivity index (χ1n) is 8.77. The molecule has 0 fully saturated rings. The Labute approximate surface area is 159 Å². The van der Waals surface area contributed by atoms with Gasteiger partial charge in [0.2, 0.25) is 5.91 Å². The second-order valence-corrected chi connectivity index (χ2v) is 6.62. The first-order valence-corrected chi connectivity index (χ1v) is 9.30. The van der Waals surface area contributed by atoms with E-state index < -0.39 is 0 Å². The summed E-state index contributed by atoms with van der Waals surface area (Å²) in [6.45, 7) is 6.17. The molecule has 7 heteroatoms. The molecule has 0 saturated heterocycles. The molecule has 0 spiro atoms. The van der Waals surface area contributed by atoms with E-state index in [1.165, 1.54) is 0 Å². The minimum Gasteiger partial charge on any atom is -0.373 e. The van der Waals surface area contributed by atoms with Crippen molar-refractivity contribution in [3.63, 3.8) is 0 Å². The molecule has 0 unspecified atom stereocenters. The molecule has 0 saturated carbocycles. The van der Waals surface area contributed by atoms with Gasteiger partial charge in [-0.15, -0.1) is 11.6 Å². The highest BCUT2D eigenvalue weighted by molar-refractivity contribution is 6.29. The van der Waals surface area contributed by atoms with E-state index >= 15 is 0 Å². The smallest absolute Gasteiger partial charge is 0.239 e. The number of carbonyl (C=O) groups is 1. The first-order chi connectivity index (χ1) is 12.4. The monoisotopic (exact) mass is 375 g/mol. The SMILES string of the molecule is CCCC(=N)c1c(-c2cccc(NC(=O)CCl)c2)nn(C(C)C)c1NC. The van der Waals surface area contributed by atoms with Gasteiger partial charge in [0.05, 0.1) is 5.56 Å². The Kier molecular flexibility index (Phi) is 6.80. The Morgan fingerprint density at radius 2 is 2.12 bits per heavy atom. The normalized spacial score (nSPS) is 10.8. The van der Waals surface area contributed by atoms with Gasteiger partial charge >= 0.3 is 0 Å². The van der Waals surface area contributed by atoms with E-state index in [1.807, 2.05) is 36.0 Å². The van der Waals surface area contributed by atoms with Crippen LogP contribution in [0.2, 0.25) is 0 Å². The van der Waals surface area contributed by atoms with Gasteiger partial charge in [-0.1, -0.05) is 25.5 Å². The molecule has 0 aliphatic heterocycles. The Balaban J connectivity index is 2.59. The lowest BCUT2D eigenvalue weighted by Crippen LogP contribution is -2.12. The topological polar surface area (TPSA) is 82.8 Å². The van der Waals surface area contributed by atoms with E-state index in [0.29, 0.717) is 17.8 Å². The fraction of sp³-hybridized carbons (Fsp3) is 0.421. The fourth-order valence-corrected chi connectivity index (χ4v) is 2.92. The molecule has 3 N–H and O–H groups in total. The van der Waals surface area contributed by atoms with Gasteiger partial charge in [0.1, 0.15) is 17.4 Å². The quantitative estimate of drug-likeness (QED) is 0.468. The second-order valence-electron chi connectivity index (χ2n) is 6.35. The number of aromatic nitrogens is 2. The van der Waals surface area contributed by atoms with Gasteiger partial charge < -0.3 is 16.0 Å². The van der Waals surface area contributed by atoms with Crippen molar-refractivity contribution in [2.45, 2.75) is 39.7 Å². The lowest BCUT2D eigenvalue weighted by molar-refractivity contribution is -0.113. The molecule has 1 aromatic heterocycles. The molecule has 1 aromatic carbocycles. The number of rotatable bonds is 8. The third kappa shape index (κ3) is 4.25. The predicted molar refractivity (Wildman–Crippen MR) is 109 cm³/mol. The summed E-state index contributed by atoms with van der Waals surface area (Å²) in [7, 11) is 1.85. The average molecular weight is 376 g/mol. The van der Waals surface area contributed by atoms with Crippen LogP contribution in [-0.2, 0) is 4.79 Å². The van der Waals surface area contributed by atoms with E-state index in [0.717, 1.165) is 29.1 Å². The number of hydrogen-bond acceptors (Lipinski definition) is 4. The van der Waals surface area contributed by atoms with E-state index in [-0.39, 0.29) is 17.8 Å². The van der Waals surface area contributed by atoms with Crippen molar-refractivity contribution < 1.29 is 4.79 Å².